The fourth-order valence-electron chi connectivity index (χ4n) is 3.51. The number of H-pyrrole nitrogens is 1. The lowest BCUT2D eigenvalue weighted by Gasteiger charge is -2.43. The summed E-state index contributed by atoms with van der Waals surface area (Å²) in [5.74, 6) is 0.217. The molecular formula is C16H19N3O2S. The van der Waals surface area contributed by atoms with Crippen molar-refractivity contribution in [2.75, 3.05) is 19.7 Å². The van der Waals surface area contributed by atoms with Crippen LogP contribution >= 0.6 is 11.3 Å². The van der Waals surface area contributed by atoms with E-state index in [1.807, 2.05) is 27.9 Å². The van der Waals surface area contributed by atoms with Crippen molar-refractivity contribution in [2.24, 2.45) is 0 Å². The first-order valence-corrected chi connectivity index (χ1v) is 8.67. The van der Waals surface area contributed by atoms with Gasteiger partial charge in [0.2, 0.25) is 5.91 Å². The van der Waals surface area contributed by atoms with Crippen molar-refractivity contribution in [3.8, 4) is 0 Å². The Kier molecular flexibility index (Phi) is 3.50. The van der Waals surface area contributed by atoms with Crippen LogP contribution in [0.4, 0.5) is 0 Å². The second-order valence-corrected chi connectivity index (χ2v) is 6.83. The van der Waals surface area contributed by atoms with Crippen molar-refractivity contribution >= 4 is 17.2 Å². The summed E-state index contributed by atoms with van der Waals surface area (Å²) in [6, 6.07) is 2.02. The number of piperidine rings is 1. The SMILES string of the molecule is O=C(Cc1ccsc1)N1CCC2(CC1)OCCc1cn[nH]c12. The highest BCUT2D eigenvalue weighted by Gasteiger charge is 2.42. The van der Waals surface area contributed by atoms with Gasteiger partial charge in [-0.05, 0) is 47.2 Å². The molecule has 0 radical (unpaired) electrons. The Bertz CT molecular complexity index is 657. The molecule has 22 heavy (non-hydrogen) atoms. The molecule has 2 aliphatic rings. The number of thiophene rings is 1. The molecule has 0 aromatic carbocycles. The second kappa shape index (κ2) is 5.52. The minimum atomic E-state index is -0.261. The van der Waals surface area contributed by atoms with Crippen molar-refractivity contribution in [3.63, 3.8) is 0 Å². The third-order valence-electron chi connectivity index (χ3n) is 4.78. The van der Waals surface area contributed by atoms with E-state index in [4.69, 9.17) is 4.74 Å². The molecule has 0 unspecified atom stereocenters. The van der Waals surface area contributed by atoms with Crippen molar-refractivity contribution in [2.45, 2.75) is 31.3 Å². The smallest absolute Gasteiger partial charge is 0.227 e. The molecule has 1 fully saturated rings. The van der Waals surface area contributed by atoms with Gasteiger partial charge in [0.15, 0.2) is 0 Å². The molecule has 1 N–H and O–H groups in total. The lowest BCUT2D eigenvalue weighted by atomic mass is 9.83. The minimum absolute atomic E-state index is 0.217. The van der Waals surface area contributed by atoms with Crippen LogP contribution in [0.1, 0.15) is 29.7 Å². The Labute approximate surface area is 133 Å². The molecule has 1 amide bonds. The largest absolute Gasteiger partial charge is 0.368 e. The average molecular weight is 317 g/mol. The number of rotatable bonds is 2. The van der Waals surface area contributed by atoms with E-state index in [0.717, 1.165) is 50.2 Å². The monoisotopic (exact) mass is 317 g/mol. The van der Waals surface area contributed by atoms with Crippen LogP contribution in [0.5, 0.6) is 0 Å². The van der Waals surface area contributed by atoms with Gasteiger partial charge in [0, 0.05) is 13.1 Å². The first-order chi connectivity index (χ1) is 10.8. The van der Waals surface area contributed by atoms with Crippen LogP contribution in [0.2, 0.25) is 0 Å². The zero-order valence-corrected chi connectivity index (χ0v) is 13.2. The molecule has 116 valence electrons. The molecule has 0 bridgehead atoms. The molecule has 4 rings (SSSR count). The van der Waals surface area contributed by atoms with Gasteiger partial charge in [-0.25, -0.2) is 0 Å². The standard InChI is InChI=1S/C16H19N3O2S/c20-14(9-12-2-8-22-11-12)19-5-3-16(4-6-19)15-13(1-7-21-16)10-17-18-15/h2,8,10-11H,1,3-7,9H2,(H,17,18). The van der Waals surface area contributed by atoms with Crippen LogP contribution in [0.25, 0.3) is 0 Å². The van der Waals surface area contributed by atoms with Gasteiger partial charge >= 0.3 is 0 Å². The molecule has 2 aliphatic heterocycles. The number of amides is 1. The van der Waals surface area contributed by atoms with E-state index < -0.39 is 0 Å². The average Bonchev–Trinajstić information content (AvgIpc) is 3.20. The number of ether oxygens (including phenoxy) is 1. The quantitative estimate of drug-likeness (QED) is 0.923. The Hall–Kier alpha value is -1.66. The number of nitrogens with one attached hydrogen (secondary N) is 1. The van der Waals surface area contributed by atoms with Gasteiger partial charge in [0.05, 0.1) is 24.9 Å². The van der Waals surface area contributed by atoms with Crippen LogP contribution in [0, 0.1) is 0 Å². The number of carbonyl (C=O) groups is 1. The van der Waals surface area contributed by atoms with E-state index >= 15 is 0 Å². The molecule has 5 nitrogen and oxygen atoms in total. The van der Waals surface area contributed by atoms with E-state index in [1.54, 1.807) is 11.3 Å². The molecule has 4 heterocycles. The summed E-state index contributed by atoms with van der Waals surface area (Å²) >= 11 is 1.64. The highest BCUT2D eigenvalue weighted by Crippen LogP contribution is 2.40. The lowest BCUT2D eigenvalue weighted by Crippen LogP contribution is -2.48. The van der Waals surface area contributed by atoms with Crippen LogP contribution in [0.3, 0.4) is 0 Å². The Morgan fingerprint density at radius 2 is 2.32 bits per heavy atom. The number of aromatic amines is 1. The lowest BCUT2D eigenvalue weighted by molar-refractivity contribution is -0.140. The highest BCUT2D eigenvalue weighted by molar-refractivity contribution is 7.07. The highest BCUT2D eigenvalue weighted by atomic mass is 32.1. The van der Waals surface area contributed by atoms with Crippen LogP contribution in [-0.4, -0.2) is 40.7 Å². The third-order valence-corrected chi connectivity index (χ3v) is 5.51. The van der Waals surface area contributed by atoms with E-state index in [2.05, 4.69) is 10.2 Å². The maximum absolute atomic E-state index is 12.4. The number of hydrogen-bond acceptors (Lipinski definition) is 4. The van der Waals surface area contributed by atoms with Crippen LogP contribution in [-0.2, 0) is 28.0 Å². The molecule has 0 aliphatic carbocycles. The summed E-state index contributed by atoms with van der Waals surface area (Å²) in [7, 11) is 0. The van der Waals surface area contributed by atoms with E-state index in [1.165, 1.54) is 5.56 Å². The zero-order chi connectivity index (χ0) is 15.0. The third kappa shape index (κ3) is 2.36. The zero-order valence-electron chi connectivity index (χ0n) is 12.4. The molecule has 6 heteroatoms. The van der Waals surface area contributed by atoms with Gasteiger partial charge in [-0.15, -0.1) is 0 Å². The van der Waals surface area contributed by atoms with E-state index in [0.29, 0.717) is 6.42 Å². The van der Waals surface area contributed by atoms with Gasteiger partial charge in [0.1, 0.15) is 5.60 Å². The first-order valence-electron chi connectivity index (χ1n) is 7.72. The maximum Gasteiger partial charge on any atom is 0.227 e. The first kappa shape index (κ1) is 14.0. The summed E-state index contributed by atoms with van der Waals surface area (Å²) in [6.07, 6.45) is 5.03. The van der Waals surface area contributed by atoms with Gasteiger partial charge < -0.3 is 9.64 Å². The van der Waals surface area contributed by atoms with Gasteiger partial charge in [-0.1, -0.05) is 0 Å². The molecule has 0 atom stereocenters. The number of aromatic nitrogens is 2. The summed E-state index contributed by atoms with van der Waals surface area (Å²) in [5, 5.41) is 11.4. The van der Waals surface area contributed by atoms with E-state index in [9.17, 15) is 4.79 Å². The van der Waals surface area contributed by atoms with Crippen molar-refractivity contribution in [1.82, 2.24) is 15.1 Å². The number of likely N-dealkylation sites (tertiary alicyclic amines) is 1. The Morgan fingerprint density at radius 3 is 3.09 bits per heavy atom. The summed E-state index contributed by atoms with van der Waals surface area (Å²) < 4.78 is 6.12. The predicted octanol–water partition coefficient (Wildman–Crippen LogP) is 2.10. The molecular weight excluding hydrogens is 298 g/mol. The fraction of sp³-hybridized carbons (Fsp3) is 0.500. The summed E-state index contributed by atoms with van der Waals surface area (Å²) in [6.45, 7) is 2.25. The van der Waals surface area contributed by atoms with Crippen LogP contribution < -0.4 is 0 Å². The number of nitrogens with zero attached hydrogens (tertiary/aromatic N) is 2. The van der Waals surface area contributed by atoms with E-state index in [-0.39, 0.29) is 11.5 Å². The summed E-state index contributed by atoms with van der Waals surface area (Å²) in [4.78, 5) is 14.4. The normalized spacial score (nSPS) is 20.1. The molecule has 2 aromatic heterocycles. The van der Waals surface area contributed by atoms with Crippen molar-refractivity contribution < 1.29 is 9.53 Å². The number of fused-ring (bicyclic) bond motifs is 2. The number of carbonyl (C=O) groups excluding carboxylic acids is 1. The van der Waals surface area contributed by atoms with Gasteiger partial charge in [-0.2, -0.15) is 16.4 Å². The topological polar surface area (TPSA) is 58.2 Å². The Morgan fingerprint density at radius 1 is 1.45 bits per heavy atom. The minimum Gasteiger partial charge on any atom is -0.368 e. The molecule has 1 spiro atoms. The molecule has 0 saturated carbocycles. The van der Waals surface area contributed by atoms with Gasteiger partial charge in [0.25, 0.3) is 0 Å². The molecule has 2 aromatic rings. The summed E-state index contributed by atoms with van der Waals surface area (Å²) in [5.41, 5.74) is 3.25. The maximum atomic E-state index is 12.4. The second-order valence-electron chi connectivity index (χ2n) is 6.05. The Balaban J connectivity index is 1.44. The van der Waals surface area contributed by atoms with Crippen LogP contribution in [0.15, 0.2) is 23.0 Å². The number of hydrogen-bond donors (Lipinski definition) is 1. The van der Waals surface area contributed by atoms with Crippen molar-refractivity contribution in [3.05, 3.63) is 39.8 Å². The molecule has 1 saturated heterocycles. The predicted molar refractivity (Wildman–Crippen MR) is 83.8 cm³/mol. The van der Waals surface area contributed by atoms with Crippen molar-refractivity contribution in [1.29, 1.82) is 0 Å². The van der Waals surface area contributed by atoms with Gasteiger partial charge in [-0.3, -0.25) is 9.89 Å². The fourth-order valence-corrected chi connectivity index (χ4v) is 4.18.